The number of carbonyl (C=O) groups is 1. The molecule has 0 saturated heterocycles. The number of methoxy groups -OCH3 is 1. The molecule has 2 atom stereocenters. The van der Waals surface area contributed by atoms with E-state index in [1.807, 2.05) is 0 Å². The van der Waals surface area contributed by atoms with Crippen molar-refractivity contribution in [1.82, 2.24) is 15.0 Å². The number of aromatic nitrogens is 3. The Labute approximate surface area is 196 Å². The summed E-state index contributed by atoms with van der Waals surface area (Å²) in [6.45, 7) is 1.85. The van der Waals surface area contributed by atoms with E-state index in [1.165, 1.54) is 20.2 Å². The highest BCUT2D eigenvalue weighted by molar-refractivity contribution is 6.05. The number of halogens is 4. The van der Waals surface area contributed by atoms with Crippen LogP contribution in [0.4, 0.5) is 29.2 Å². The van der Waals surface area contributed by atoms with E-state index < -0.39 is 41.5 Å². The molecule has 190 valence electrons. The summed E-state index contributed by atoms with van der Waals surface area (Å²) in [6, 6.07) is 2.11. The van der Waals surface area contributed by atoms with Crippen molar-refractivity contribution in [2.24, 2.45) is 10.7 Å². The van der Waals surface area contributed by atoms with Gasteiger partial charge in [0.05, 0.1) is 19.4 Å². The van der Waals surface area contributed by atoms with Gasteiger partial charge in [0.2, 0.25) is 11.5 Å². The van der Waals surface area contributed by atoms with E-state index in [4.69, 9.17) is 25.7 Å². The van der Waals surface area contributed by atoms with Gasteiger partial charge in [-0.1, -0.05) is 0 Å². The van der Waals surface area contributed by atoms with Crippen LogP contribution in [0.1, 0.15) is 30.0 Å². The van der Waals surface area contributed by atoms with Gasteiger partial charge in [-0.05, 0) is 26.0 Å². The van der Waals surface area contributed by atoms with Gasteiger partial charge in [-0.3, -0.25) is 9.79 Å². The average Bonchev–Trinajstić information content (AvgIpc) is 2.77. The molecule has 3 rings (SSSR count). The molecule has 3 heterocycles. The van der Waals surface area contributed by atoms with Crippen molar-refractivity contribution >= 4 is 23.4 Å². The summed E-state index contributed by atoms with van der Waals surface area (Å²) in [5.41, 5.74) is 6.18. The molecule has 0 fully saturated rings. The molecule has 0 radical (unpaired) electrons. The molecule has 5 N–H and O–H groups in total. The van der Waals surface area contributed by atoms with Crippen molar-refractivity contribution in [3.63, 3.8) is 0 Å². The second-order valence-corrected chi connectivity index (χ2v) is 7.85. The minimum absolute atomic E-state index is 0.0739. The molecular formula is C20H23F4N7O4. The SMILES string of the molecule is COCCOc1cnc(C(=O)Nc2ccc(F)c([C@]3(C)CO[C@@](C)(C(F)(F)F)C(N)=N3)n2)c(N)n1. The molecule has 0 aromatic carbocycles. The minimum atomic E-state index is -4.84. The third kappa shape index (κ3) is 5.24. The second kappa shape index (κ2) is 9.58. The van der Waals surface area contributed by atoms with Crippen LogP contribution in [0.5, 0.6) is 5.88 Å². The van der Waals surface area contributed by atoms with Crippen LogP contribution in [0.25, 0.3) is 0 Å². The Hall–Kier alpha value is -3.59. The zero-order chi connectivity index (χ0) is 26.0. The molecule has 2 aromatic heterocycles. The van der Waals surface area contributed by atoms with Crippen LogP contribution in [-0.4, -0.2) is 65.4 Å². The van der Waals surface area contributed by atoms with E-state index in [1.54, 1.807) is 0 Å². The van der Waals surface area contributed by atoms with Crippen LogP contribution in [-0.2, 0) is 15.0 Å². The number of nitrogens with two attached hydrogens (primary N) is 2. The number of pyridine rings is 1. The Morgan fingerprint density at radius 3 is 2.54 bits per heavy atom. The number of nitrogens with one attached hydrogen (secondary N) is 1. The lowest BCUT2D eigenvalue weighted by Crippen LogP contribution is -2.60. The number of ether oxygens (including phenoxy) is 3. The molecule has 35 heavy (non-hydrogen) atoms. The largest absolute Gasteiger partial charge is 0.474 e. The topological polar surface area (TPSA) is 160 Å². The fourth-order valence-electron chi connectivity index (χ4n) is 3.04. The van der Waals surface area contributed by atoms with E-state index in [-0.39, 0.29) is 35.5 Å². The number of nitrogens with zero attached hydrogens (tertiary/aromatic N) is 4. The third-order valence-corrected chi connectivity index (χ3v) is 5.17. The number of aliphatic imine (C=N–C) groups is 1. The Bertz CT molecular complexity index is 1150. The number of amidine groups is 1. The number of amides is 1. The number of rotatable bonds is 7. The summed E-state index contributed by atoms with van der Waals surface area (Å²) in [4.78, 5) is 28.3. The van der Waals surface area contributed by atoms with Gasteiger partial charge in [-0.15, -0.1) is 0 Å². The molecule has 2 aromatic rings. The van der Waals surface area contributed by atoms with Crippen LogP contribution < -0.4 is 21.5 Å². The maximum Gasteiger partial charge on any atom is 0.424 e. The zero-order valence-corrected chi connectivity index (χ0v) is 18.9. The molecule has 0 saturated carbocycles. The lowest BCUT2D eigenvalue weighted by molar-refractivity contribution is -0.249. The van der Waals surface area contributed by atoms with Gasteiger partial charge >= 0.3 is 6.18 Å². The first-order valence-electron chi connectivity index (χ1n) is 10.1. The molecule has 0 bridgehead atoms. The summed E-state index contributed by atoms with van der Waals surface area (Å²) >= 11 is 0. The average molecular weight is 501 g/mol. The highest BCUT2D eigenvalue weighted by Crippen LogP contribution is 2.41. The van der Waals surface area contributed by atoms with Gasteiger partial charge in [0, 0.05) is 7.11 Å². The standard InChI is InChI=1S/C20H23F4N7O4/c1-18(9-35-19(2,17(26)31-18)20(22,23)24)14-10(21)4-5-11(28-14)29-16(32)13-15(25)30-12(8-27-13)34-7-6-33-3/h4-5,8H,6-7,9H2,1-3H3,(H2,25,30)(H2,26,31)(H,28,29,32)/t18-,19+/m0/s1. The molecule has 1 amide bonds. The van der Waals surface area contributed by atoms with Crippen LogP contribution in [0.15, 0.2) is 23.3 Å². The first kappa shape index (κ1) is 26.0. The molecular weight excluding hydrogens is 478 g/mol. The molecule has 0 spiro atoms. The van der Waals surface area contributed by atoms with Crippen LogP contribution in [0.2, 0.25) is 0 Å². The highest BCUT2D eigenvalue weighted by Gasteiger charge is 2.59. The van der Waals surface area contributed by atoms with Crippen molar-refractivity contribution in [2.75, 3.05) is 38.0 Å². The monoisotopic (exact) mass is 501 g/mol. The molecule has 0 aliphatic carbocycles. The Morgan fingerprint density at radius 2 is 1.94 bits per heavy atom. The van der Waals surface area contributed by atoms with E-state index in [9.17, 15) is 22.4 Å². The lowest BCUT2D eigenvalue weighted by atomic mass is 9.93. The number of hydrogen-bond donors (Lipinski definition) is 3. The Kier molecular flexibility index (Phi) is 7.12. The van der Waals surface area contributed by atoms with Crippen LogP contribution >= 0.6 is 0 Å². The van der Waals surface area contributed by atoms with Crippen LogP contribution in [0, 0.1) is 5.82 Å². The molecule has 1 aliphatic heterocycles. The van der Waals surface area contributed by atoms with Crippen molar-refractivity contribution in [1.29, 1.82) is 0 Å². The van der Waals surface area contributed by atoms with E-state index in [0.717, 1.165) is 19.1 Å². The smallest absolute Gasteiger partial charge is 0.424 e. The van der Waals surface area contributed by atoms with E-state index in [0.29, 0.717) is 6.61 Å². The van der Waals surface area contributed by atoms with Crippen molar-refractivity contribution < 1.29 is 36.6 Å². The minimum Gasteiger partial charge on any atom is -0.474 e. The summed E-state index contributed by atoms with van der Waals surface area (Å²) in [6.07, 6.45) is -3.66. The van der Waals surface area contributed by atoms with Gasteiger partial charge in [0.1, 0.15) is 35.3 Å². The normalized spacial score (nSPS) is 22.4. The molecule has 1 aliphatic rings. The van der Waals surface area contributed by atoms with E-state index >= 15 is 0 Å². The van der Waals surface area contributed by atoms with Crippen molar-refractivity contribution in [3.8, 4) is 5.88 Å². The first-order chi connectivity index (χ1) is 16.3. The van der Waals surface area contributed by atoms with E-state index in [2.05, 4.69) is 25.3 Å². The fraction of sp³-hybridized carbons (Fsp3) is 0.450. The fourth-order valence-corrected chi connectivity index (χ4v) is 3.04. The van der Waals surface area contributed by atoms with Crippen molar-refractivity contribution in [2.45, 2.75) is 31.2 Å². The lowest BCUT2D eigenvalue weighted by Gasteiger charge is -2.40. The predicted molar refractivity (Wildman–Crippen MR) is 115 cm³/mol. The van der Waals surface area contributed by atoms with Gasteiger partial charge < -0.3 is 31.0 Å². The predicted octanol–water partition coefficient (Wildman–Crippen LogP) is 1.79. The molecule has 11 nitrogen and oxygen atoms in total. The number of alkyl halides is 3. The Balaban J connectivity index is 1.84. The highest BCUT2D eigenvalue weighted by atomic mass is 19.4. The number of carbonyl (C=O) groups excluding carboxylic acids is 1. The molecule has 0 unspecified atom stereocenters. The second-order valence-electron chi connectivity index (χ2n) is 7.85. The number of nitrogen functional groups attached to an aromatic ring is 1. The van der Waals surface area contributed by atoms with Crippen molar-refractivity contribution in [3.05, 3.63) is 35.5 Å². The van der Waals surface area contributed by atoms with Crippen LogP contribution in [0.3, 0.4) is 0 Å². The summed E-state index contributed by atoms with van der Waals surface area (Å²) in [7, 11) is 1.49. The van der Waals surface area contributed by atoms with Gasteiger partial charge in [-0.2, -0.15) is 18.2 Å². The summed E-state index contributed by atoms with van der Waals surface area (Å²) in [5.74, 6) is -2.90. The van der Waals surface area contributed by atoms with Gasteiger partial charge in [0.25, 0.3) is 5.91 Å². The molecule has 15 heteroatoms. The maximum absolute atomic E-state index is 14.6. The van der Waals surface area contributed by atoms with Gasteiger partial charge in [-0.25, -0.2) is 14.4 Å². The summed E-state index contributed by atoms with van der Waals surface area (Å²) in [5, 5.41) is 2.39. The number of anilines is 2. The first-order valence-corrected chi connectivity index (χ1v) is 10.1. The Morgan fingerprint density at radius 1 is 1.23 bits per heavy atom. The zero-order valence-electron chi connectivity index (χ0n) is 18.9. The van der Waals surface area contributed by atoms with Gasteiger partial charge in [0.15, 0.2) is 11.5 Å². The number of hydrogen-bond acceptors (Lipinski definition) is 10. The quantitative estimate of drug-likeness (QED) is 0.380. The third-order valence-electron chi connectivity index (χ3n) is 5.17. The summed E-state index contributed by atoms with van der Waals surface area (Å²) < 4.78 is 69.8. The maximum atomic E-state index is 14.6.